The van der Waals surface area contributed by atoms with E-state index in [1.165, 1.54) is 20.5 Å². The first-order valence-corrected chi connectivity index (χ1v) is 8.33. The Morgan fingerprint density at radius 1 is 0.923 bits per heavy atom. The van der Waals surface area contributed by atoms with E-state index in [0.717, 1.165) is 0 Å². The standard InChI is InChI=1S/C18H31NO7/c1-17(2,3)25-15(21)19(16(22)26-18(4,5)6)13(14(20)24-8)11-9-10-12-23-7/h10,12-13H,9,11H2,1-8H3/b12-10-/t13-/m0/s1. The topological polar surface area (TPSA) is 91.4 Å². The summed E-state index contributed by atoms with van der Waals surface area (Å²) in [7, 11) is 2.67. The van der Waals surface area contributed by atoms with Crippen LogP contribution in [0.25, 0.3) is 0 Å². The van der Waals surface area contributed by atoms with Crippen LogP contribution in [0.2, 0.25) is 0 Å². The molecule has 0 aromatic carbocycles. The highest BCUT2D eigenvalue weighted by atomic mass is 16.6. The summed E-state index contributed by atoms with van der Waals surface area (Å²) in [4.78, 5) is 38.1. The number of nitrogens with zero attached hydrogens (tertiary/aromatic N) is 1. The molecule has 0 aliphatic rings. The Morgan fingerprint density at radius 3 is 1.73 bits per heavy atom. The zero-order chi connectivity index (χ0) is 20.5. The number of carbonyl (C=O) groups is 3. The Bertz CT molecular complexity index is 487. The molecule has 0 saturated heterocycles. The van der Waals surface area contributed by atoms with E-state index in [2.05, 4.69) is 0 Å². The number of ether oxygens (including phenoxy) is 4. The minimum Gasteiger partial charge on any atom is -0.505 e. The molecule has 8 nitrogen and oxygen atoms in total. The molecule has 0 spiro atoms. The minimum atomic E-state index is -1.19. The van der Waals surface area contributed by atoms with E-state index >= 15 is 0 Å². The molecule has 26 heavy (non-hydrogen) atoms. The molecule has 0 aromatic rings. The summed E-state index contributed by atoms with van der Waals surface area (Å²) in [6.45, 7) is 9.96. The van der Waals surface area contributed by atoms with E-state index in [1.54, 1.807) is 47.6 Å². The van der Waals surface area contributed by atoms with E-state index < -0.39 is 35.4 Å². The van der Waals surface area contributed by atoms with Crippen molar-refractivity contribution in [3.63, 3.8) is 0 Å². The molecule has 0 rings (SSSR count). The van der Waals surface area contributed by atoms with Crippen molar-refractivity contribution < 1.29 is 33.3 Å². The molecule has 0 N–H and O–H groups in total. The van der Waals surface area contributed by atoms with Crippen molar-refractivity contribution in [2.45, 2.75) is 71.6 Å². The van der Waals surface area contributed by atoms with Crippen molar-refractivity contribution in [1.29, 1.82) is 0 Å². The van der Waals surface area contributed by atoms with Crippen LogP contribution in [0, 0.1) is 0 Å². The van der Waals surface area contributed by atoms with Crippen molar-refractivity contribution >= 4 is 18.2 Å². The number of allylic oxidation sites excluding steroid dienone is 1. The van der Waals surface area contributed by atoms with Gasteiger partial charge in [-0.25, -0.2) is 14.4 Å². The van der Waals surface area contributed by atoms with Gasteiger partial charge in [-0.05, 0) is 60.5 Å². The first kappa shape index (κ1) is 23.8. The summed E-state index contributed by atoms with van der Waals surface area (Å²) < 4.78 is 20.1. The normalized spacial score (nSPS) is 13.1. The Balaban J connectivity index is 5.69. The molecule has 0 aliphatic carbocycles. The third kappa shape index (κ3) is 9.29. The molecule has 0 aromatic heterocycles. The first-order chi connectivity index (χ1) is 11.8. The van der Waals surface area contributed by atoms with Gasteiger partial charge < -0.3 is 18.9 Å². The van der Waals surface area contributed by atoms with E-state index in [9.17, 15) is 14.4 Å². The highest BCUT2D eigenvalue weighted by Crippen LogP contribution is 2.20. The fraction of sp³-hybridized carbons (Fsp3) is 0.722. The number of methoxy groups -OCH3 is 2. The van der Waals surface area contributed by atoms with Gasteiger partial charge in [0.05, 0.1) is 20.5 Å². The van der Waals surface area contributed by atoms with E-state index in [4.69, 9.17) is 18.9 Å². The van der Waals surface area contributed by atoms with Crippen LogP contribution >= 0.6 is 0 Å². The number of carbonyl (C=O) groups excluding carboxylic acids is 3. The van der Waals surface area contributed by atoms with Gasteiger partial charge in [0.15, 0.2) is 0 Å². The zero-order valence-electron chi connectivity index (χ0n) is 17.0. The molecule has 0 aliphatic heterocycles. The monoisotopic (exact) mass is 373 g/mol. The third-order valence-electron chi connectivity index (χ3n) is 2.80. The summed E-state index contributed by atoms with van der Waals surface area (Å²) in [5.74, 6) is -0.743. The second-order valence-electron chi connectivity index (χ2n) is 7.55. The van der Waals surface area contributed by atoms with Crippen LogP contribution in [0.3, 0.4) is 0 Å². The number of hydrogen-bond donors (Lipinski definition) is 0. The second-order valence-corrected chi connectivity index (χ2v) is 7.55. The number of esters is 1. The van der Waals surface area contributed by atoms with Gasteiger partial charge in [-0.2, -0.15) is 4.90 Å². The van der Waals surface area contributed by atoms with Crippen LogP contribution in [-0.2, 0) is 23.7 Å². The van der Waals surface area contributed by atoms with Crippen molar-refractivity contribution in [1.82, 2.24) is 4.90 Å². The van der Waals surface area contributed by atoms with Crippen LogP contribution in [0.4, 0.5) is 9.59 Å². The van der Waals surface area contributed by atoms with Crippen molar-refractivity contribution in [2.24, 2.45) is 0 Å². The molecule has 150 valence electrons. The Morgan fingerprint density at radius 2 is 1.38 bits per heavy atom. The van der Waals surface area contributed by atoms with Crippen LogP contribution in [0.5, 0.6) is 0 Å². The minimum absolute atomic E-state index is 0.130. The lowest BCUT2D eigenvalue weighted by atomic mass is 10.1. The number of imide groups is 1. The van der Waals surface area contributed by atoms with Crippen LogP contribution < -0.4 is 0 Å². The molecule has 0 fully saturated rings. The molecular weight excluding hydrogens is 342 g/mol. The molecule has 8 heteroatoms. The van der Waals surface area contributed by atoms with Crippen LogP contribution in [-0.4, -0.2) is 54.5 Å². The first-order valence-electron chi connectivity index (χ1n) is 8.33. The molecular formula is C18H31NO7. The van der Waals surface area contributed by atoms with Crippen molar-refractivity contribution in [3.8, 4) is 0 Å². The predicted octanol–water partition coefficient (Wildman–Crippen LogP) is 3.64. The number of hydrogen-bond acceptors (Lipinski definition) is 7. The Hall–Kier alpha value is -2.25. The maximum Gasteiger partial charge on any atom is 0.420 e. The second kappa shape index (κ2) is 10.0. The van der Waals surface area contributed by atoms with Gasteiger partial charge in [0, 0.05) is 0 Å². The van der Waals surface area contributed by atoms with Gasteiger partial charge in [-0.3, -0.25) is 0 Å². The van der Waals surface area contributed by atoms with Gasteiger partial charge in [0.1, 0.15) is 17.2 Å². The van der Waals surface area contributed by atoms with E-state index in [-0.39, 0.29) is 6.42 Å². The molecule has 0 saturated carbocycles. The van der Waals surface area contributed by atoms with Gasteiger partial charge in [0.25, 0.3) is 0 Å². The van der Waals surface area contributed by atoms with E-state index in [0.29, 0.717) is 11.3 Å². The SMILES string of the molecule is CO/C=C\CC[C@@H](C(=O)OC)N(C(=O)OC(C)(C)C)C(=O)OC(C)(C)C. The highest BCUT2D eigenvalue weighted by molar-refractivity contribution is 5.94. The summed E-state index contributed by atoms with van der Waals surface area (Å²) in [6.07, 6.45) is 1.66. The molecule has 0 unspecified atom stereocenters. The predicted molar refractivity (Wildman–Crippen MR) is 95.5 cm³/mol. The highest BCUT2D eigenvalue weighted by Gasteiger charge is 2.40. The lowest BCUT2D eigenvalue weighted by Crippen LogP contribution is -2.52. The Kier molecular flexibility index (Phi) is 9.17. The molecule has 1 atom stereocenters. The lowest BCUT2D eigenvalue weighted by molar-refractivity contribution is -0.146. The summed E-state index contributed by atoms with van der Waals surface area (Å²) >= 11 is 0. The summed E-state index contributed by atoms with van der Waals surface area (Å²) in [5, 5.41) is 0. The zero-order valence-corrected chi connectivity index (χ0v) is 17.0. The maximum absolute atomic E-state index is 12.6. The Labute approximate surface area is 155 Å². The van der Waals surface area contributed by atoms with Crippen molar-refractivity contribution in [2.75, 3.05) is 14.2 Å². The fourth-order valence-electron chi connectivity index (χ4n) is 1.86. The summed E-state index contributed by atoms with van der Waals surface area (Å²) in [5.41, 5.74) is -1.71. The van der Waals surface area contributed by atoms with Crippen LogP contribution in [0.15, 0.2) is 12.3 Å². The largest absolute Gasteiger partial charge is 0.505 e. The quantitative estimate of drug-likeness (QED) is 0.399. The third-order valence-corrected chi connectivity index (χ3v) is 2.80. The van der Waals surface area contributed by atoms with Gasteiger partial charge in [-0.1, -0.05) is 0 Å². The molecule has 0 heterocycles. The maximum atomic E-state index is 12.6. The number of rotatable bonds is 6. The van der Waals surface area contributed by atoms with Crippen molar-refractivity contribution in [3.05, 3.63) is 12.3 Å². The molecule has 2 amide bonds. The van der Waals surface area contributed by atoms with Crippen LogP contribution in [0.1, 0.15) is 54.4 Å². The van der Waals surface area contributed by atoms with Gasteiger partial charge >= 0.3 is 18.2 Å². The van der Waals surface area contributed by atoms with Gasteiger partial charge in [0.2, 0.25) is 0 Å². The average molecular weight is 373 g/mol. The average Bonchev–Trinajstić information content (AvgIpc) is 2.45. The smallest absolute Gasteiger partial charge is 0.420 e. The lowest BCUT2D eigenvalue weighted by Gasteiger charge is -2.32. The fourth-order valence-corrected chi connectivity index (χ4v) is 1.86. The molecule has 0 bridgehead atoms. The summed E-state index contributed by atoms with van der Waals surface area (Å²) in [6, 6.07) is -1.19. The molecule has 0 radical (unpaired) electrons. The van der Waals surface area contributed by atoms with E-state index in [1.807, 2.05) is 0 Å². The number of amides is 2. The van der Waals surface area contributed by atoms with Gasteiger partial charge in [-0.15, -0.1) is 0 Å².